The summed E-state index contributed by atoms with van der Waals surface area (Å²) in [6, 6.07) is 0. The maximum absolute atomic E-state index is 8.32. The summed E-state index contributed by atoms with van der Waals surface area (Å²) in [6.45, 7) is 1.13. The molecule has 1 aliphatic heterocycles. The molecule has 1 aromatic rings. The van der Waals surface area contributed by atoms with E-state index in [1.165, 1.54) is 17.5 Å². The Morgan fingerprint density at radius 2 is 2.67 bits per heavy atom. The van der Waals surface area contributed by atoms with Gasteiger partial charge in [-0.05, 0) is 0 Å². The molecule has 0 saturated heterocycles. The summed E-state index contributed by atoms with van der Waals surface area (Å²) in [5.41, 5.74) is 9.00. The molecule has 1 aliphatic rings. The topological polar surface area (TPSA) is 55.2 Å². The van der Waals surface area contributed by atoms with Crippen LogP contribution in [0, 0.1) is 0 Å². The third-order valence-corrected chi connectivity index (χ3v) is 2.38. The van der Waals surface area contributed by atoms with E-state index in [2.05, 4.69) is 5.11 Å². The van der Waals surface area contributed by atoms with Gasteiger partial charge in [0.25, 0.3) is 6.61 Å². The van der Waals surface area contributed by atoms with Crippen LogP contribution in [0.2, 0.25) is 0 Å². The van der Waals surface area contributed by atoms with Crippen molar-refractivity contribution in [1.82, 2.24) is 0 Å². The molecule has 0 aliphatic carbocycles. The lowest BCUT2D eigenvalue weighted by atomic mass is 10.5. The zero-order chi connectivity index (χ0) is 8.39. The molecule has 0 fully saturated rings. The van der Waals surface area contributed by atoms with Gasteiger partial charge in [-0.2, -0.15) is 0 Å². The quantitative estimate of drug-likeness (QED) is 0.461. The Bertz CT molecular complexity index is 410. The van der Waals surface area contributed by atoms with Gasteiger partial charge in [-0.1, -0.05) is 0 Å². The van der Waals surface area contributed by atoms with Gasteiger partial charge in [0.1, 0.15) is 0 Å². The van der Waals surface area contributed by atoms with Crippen LogP contribution in [0.3, 0.4) is 0 Å². The van der Waals surface area contributed by atoms with Crippen LogP contribution in [0.1, 0.15) is 0 Å². The van der Waals surface area contributed by atoms with Gasteiger partial charge in [0.2, 0.25) is 5.75 Å². The Hall–Kier alpha value is -1.23. The molecule has 4 nitrogen and oxygen atoms in total. The fraction of sp³-hybridized carbons (Fsp3) is 0.286. The molecule has 0 spiro atoms. The number of fused-ring (bicyclic) bond motifs is 1. The van der Waals surface area contributed by atoms with E-state index in [1.54, 1.807) is 0 Å². The van der Waals surface area contributed by atoms with Crippen molar-refractivity contribution in [2.24, 2.45) is 5.11 Å². The van der Waals surface area contributed by atoms with Crippen LogP contribution >= 0.6 is 11.3 Å². The summed E-state index contributed by atoms with van der Waals surface area (Å²) < 4.78 is 11.4. The molecule has 0 atom stereocenters. The summed E-state index contributed by atoms with van der Waals surface area (Å²) in [6.07, 6.45) is 1.35. The Kier molecular flexibility index (Phi) is 1.87. The minimum Gasteiger partial charge on any atom is -0.707 e. The molecule has 5 heteroatoms. The second-order valence-corrected chi connectivity index (χ2v) is 3.15. The van der Waals surface area contributed by atoms with Crippen LogP contribution in [0.25, 0.3) is 11.7 Å². The molecule has 1 aromatic heterocycles. The highest BCUT2D eigenvalue weighted by Crippen LogP contribution is 2.06. The van der Waals surface area contributed by atoms with Gasteiger partial charge in [0.15, 0.2) is 11.1 Å². The van der Waals surface area contributed by atoms with Crippen LogP contribution < -0.4 is 14.7 Å². The summed E-state index contributed by atoms with van der Waals surface area (Å²) in [4.78, 5) is 0. The predicted molar refractivity (Wildman–Crippen MR) is 46.4 cm³/mol. The molecule has 12 heavy (non-hydrogen) atoms. The monoisotopic (exact) mass is 182 g/mol. The van der Waals surface area contributed by atoms with E-state index < -0.39 is 0 Å². The highest BCUT2D eigenvalue weighted by molar-refractivity contribution is 7.08. The highest BCUT2D eigenvalue weighted by atomic mass is 32.1. The molecular weight excluding hydrogens is 176 g/mol. The molecule has 2 heterocycles. The average molecular weight is 182 g/mol. The highest BCUT2D eigenvalue weighted by Gasteiger charge is 2.16. The second-order valence-electron chi connectivity index (χ2n) is 2.23. The van der Waals surface area contributed by atoms with Crippen molar-refractivity contribution in [3.8, 4) is 5.75 Å². The lowest BCUT2D eigenvalue weighted by Crippen LogP contribution is -2.26. The van der Waals surface area contributed by atoms with Gasteiger partial charge in [-0.3, -0.25) is 0 Å². The van der Waals surface area contributed by atoms with Crippen molar-refractivity contribution in [3.05, 3.63) is 25.3 Å². The Labute approximate surface area is 72.3 Å². The van der Waals surface area contributed by atoms with Crippen LogP contribution in [-0.4, -0.2) is 13.2 Å². The average Bonchev–Trinajstić information content (AvgIpc) is 2.50. The van der Waals surface area contributed by atoms with E-state index in [4.69, 9.17) is 14.7 Å². The van der Waals surface area contributed by atoms with Gasteiger partial charge in [0.05, 0.1) is 0 Å². The fourth-order valence-electron chi connectivity index (χ4n) is 1.02. The van der Waals surface area contributed by atoms with Gasteiger partial charge >= 0.3 is 5.43 Å². The molecule has 0 aromatic carbocycles. The van der Waals surface area contributed by atoms with Gasteiger partial charge in [0, 0.05) is 11.6 Å². The predicted octanol–water partition coefficient (Wildman–Crippen LogP) is 0.515. The van der Waals surface area contributed by atoms with E-state index in [-0.39, 0.29) is 0 Å². The molecule has 0 unspecified atom stereocenters. The van der Waals surface area contributed by atoms with Crippen molar-refractivity contribution in [2.45, 2.75) is 0 Å². The molecule has 0 amide bonds. The van der Waals surface area contributed by atoms with Crippen LogP contribution in [0.5, 0.6) is 5.75 Å². The number of hydrogen-bond donors (Lipinski definition) is 0. The lowest BCUT2D eigenvalue weighted by molar-refractivity contribution is 0.323. The van der Waals surface area contributed by atoms with Crippen molar-refractivity contribution in [3.63, 3.8) is 0 Å². The van der Waals surface area contributed by atoms with Crippen molar-refractivity contribution in [2.75, 3.05) is 13.2 Å². The number of ether oxygens (including phenoxy) is 1. The fourth-order valence-corrected chi connectivity index (χ4v) is 1.81. The van der Waals surface area contributed by atoms with Crippen molar-refractivity contribution < 1.29 is 4.74 Å². The summed E-state index contributed by atoms with van der Waals surface area (Å²) in [7, 11) is 0. The van der Waals surface area contributed by atoms with Crippen molar-refractivity contribution in [1.29, 1.82) is 0 Å². The maximum atomic E-state index is 8.32. The Morgan fingerprint density at radius 1 is 1.75 bits per heavy atom. The number of nitrogens with zero attached hydrogens (tertiary/aromatic N) is 2. The second kappa shape index (κ2) is 3.02. The van der Waals surface area contributed by atoms with E-state index in [0.717, 1.165) is 10.3 Å². The lowest BCUT2D eigenvalue weighted by Gasteiger charge is -1.96. The third kappa shape index (κ3) is 1.12. The van der Waals surface area contributed by atoms with Crippen LogP contribution in [-0.2, 0) is 0 Å². The molecule has 0 saturated carbocycles. The summed E-state index contributed by atoms with van der Waals surface area (Å²) >= 11 is 1.43. The summed E-state index contributed by atoms with van der Waals surface area (Å²) in [5, 5.41) is 4.77. The third-order valence-electron chi connectivity index (χ3n) is 1.50. The SMILES string of the molecule is [N-]=NC=c1scc2c1=[O+]CCO2. The minimum atomic E-state index is 0.552. The molecule has 0 N–H and O–H groups in total. The van der Waals surface area contributed by atoms with Crippen molar-refractivity contribution >= 4 is 17.5 Å². The Morgan fingerprint density at radius 3 is 3.50 bits per heavy atom. The molecule has 62 valence electrons. The van der Waals surface area contributed by atoms with Gasteiger partial charge in [-0.15, -0.1) is 11.3 Å². The van der Waals surface area contributed by atoms with E-state index in [0.29, 0.717) is 18.6 Å². The smallest absolute Gasteiger partial charge is 0.404 e. The molecule has 2 rings (SSSR count). The van der Waals surface area contributed by atoms with Gasteiger partial charge < -0.3 is 15.4 Å². The first-order chi connectivity index (χ1) is 5.92. The summed E-state index contributed by atoms with van der Waals surface area (Å²) in [5.74, 6) is 0.737. The van der Waals surface area contributed by atoms with E-state index in [1.807, 2.05) is 5.38 Å². The van der Waals surface area contributed by atoms with Crippen LogP contribution in [0.15, 0.2) is 14.9 Å². The number of hydrogen-bond acceptors (Lipinski definition) is 3. The molecule has 0 radical (unpaired) electrons. The molecular formula is C7H6N2O2S. The first kappa shape index (κ1) is 7.42. The zero-order valence-electron chi connectivity index (χ0n) is 6.19. The first-order valence-corrected chi connectivity index (χ1v) is 4.34. The standard InChI is InChI=1S/C7H6N2O2S/c8-9-3-6-7-5(4-12-6)10-1-2-11-7/h3-4H,1-2H2. The minimum absolute atomic E-state index is 0.552. The normalized spacial score (nSPS) is 16.2. The maximum Gasteiger partial charge on any atom is 0.404 e. The van der Waals surface area contributed by atoms with Gasteiger partial charge in [-0.25, -0.2) is 4.42 Å². The molecule has 0 bridgehead atoms. The number of thiophene rings is 1. The zero-order valence-corrected chi connectivity index (χ0v) is 7.00. The Balaban J connectivity index is 2.69. The van der Waals surface area contributed by atoms with E-state index >= 15 is 0 Å². The number of rotatable bonds is 1. The largest absolute Gasteiger partial charge is 0.707 e. The van der Waals surface area contributed by atoms with Crippen LogP contribution in [0.4, 0.5) is 0 Å². The first-order valence-electron chi connectivity index (χ1n) is 3.46. The van der Waals surface area contributed by atoms with E-state index in [9.17, 15) is 0 Å².